The maximum absolute atomic E-state index is 12.5. The smallest absolute Gasteiger partial charge is 0.368 e. The van der Waals surface area contributed by atoms with Crippen molar-refractivity contribution in [2.75, 3.05) is 23.1 Å². The molecule has 0 aliphatic heterocycles. The van der Waals surface area contributed by atoms with Crippen LogP contribution < -0.4 is 11.1 Å². The number of benzene rings is 1. The minimum Gasteiger partial charge on any atom is -0.368 e. The number of nitrogen functional groups attached to an aromatic ring is 1. The van der Waals surface area contributed by atoms with E-state index in [-0.39, 0.29) is 12.0 Å². The largest absolute Gasteiger partial charge is 0.416 e. The number of rotatable bonds is 6. The predicted molar refractivity (Wildman–Crippen MR) is 91.3 cm³/mol. The van der Waals surface area contributed by atoms with Gasteiger partial charge >= 0.3 is 6.18 Å². The number of thioether (sulfide) groups is 2. The van der Waals surface area contributed by atoms with Crippen LogP contribution in [0.2, 0.25) is 0 Å². The van der Waals surface area contributed by atoms with Crippen molar-refractivity contribution in [3.05, 3.63) is 29.8 Å². The maximum atomic E-state index is 12.5. The molecule has 0 saturated heterocycles. The number of nitrogens with zero attached hydrogens (tertiary/aromatic N) is 3. The van der Waals surface area contributed by atoms with Gasteiger partial charge in [0.1, 0.15) is 0 Å². The number of nitrogens with one attached hydrogen (secondary N) is 1. The zero-order valence-electron chi connectivity index (χ0n) is 13.0. The highest BCUT2D eigenvalue weighted by molar-refractivity contribution is 7.99. The number of nitrogens with two attached hydrogens (primary N) is 1. The molecule has 0 aliphatic carbocycles. The standard InChI is InChI=1S/C14H16F3N5S2/c1-8(19-12-20-11(18)21-13(22-12)23-2)7-24-10-5-3-9(4-6-10)14(15,16)17/h3-6,8H,7H2,1-2H3,(H3,18,19,20,21,22). The first-order chi connectivity index (χ1) is 11.3. The lowest BCUT2D eigenvalue weighted by Crippen LogP contribution is -2.20. The van der Waals surface area contributed by atoms with Gasteiger partial charge in [0.2, 0.25) is 11.9 Å². The van der Waals surface area contributed by atoms with Gasteiger partial charge in [0.05, 0.1) is 5.56 Å². The molecule has 1 unspecified atom stereocenters. The molecule has 0 saturated carbocycles. The first-order valence-electron chi connectivity index (χ1n) is 6.90. The van der Waals surface area contributed by atoms with E-state index >= 15 is 0 Å². The molecule has 0 aliphatic rings. The van der Waals surface area contributed by atoms with Crippen LogP contribution in [-0.2, 0) is 6.18 Å². The minimum absolute atomic E-state index is 0.00574. The van der Waals surface area contributed by atoms with E-state index in [1.807, 2.05) is 13.2 Å². The molecule has 1 heterocycles. The molecular formula is C14H16F3N5S2. The molecule has 3 N–H and O–H groups in total. The molecule has 1 atom stereocenters. The third kappa shape index (κ3) is 5.45. The van der Waals surface area contributed by atoms with Gasteiger partial charge < -0.3 is 11.1 Å². The fourth-order valence-corrected chi connectivity index (χ4v) is 2.97. The van der Waals surface area contributed by atoms with Crippen molar-refractivity contribution in [1.82, 2.24) is 15.0 Å². The summed E-state index contributed by atoms with van der Waals surface area (Å²) in [5, 5.41) is 3.63. The molecule has 0 bridgehead atoms. The molecule has 10 heteroatoms. The van der Waals surface area contributed by atoms with E-state index in [1.54, 1.807) is 0 Å². The van der Waals surface area contributed by atoms with Gasteiger partial charge in [-0.15, -0.1) is 11.8 Å². The average Bonchev–Trinajstić information content (AvgIpc) is 2.52. The average molecular weight is 375 g/mol. The number of aromatic nitrogens is 3. The van der Waals surface area contributed by atoms with Gasteiger partial charge in [-0.2, -0.15) is 28.1 Å². The molecule has 0 fully saturated rings. The summed E-state index contributed by atoms with van der Waals surface area (Å²) in [6.07, 6.45) is -2.48. The summed E-state index contributed by atoms with van der Waals surface area (Å²) in [5.41, 5.74) is 4.96. The van der Waals surface area contributed by atoms with E-state index in [1.165, 1.54) is 35.7 Å². The number of anilines is 2. The zero-order chi connectivity index (χ0) is 17.7. The van der Waals surface area contributed by atoms with E-state index in [0.29, 0.717) is 16.9 Å². The fourth-order valence-electron chi connectivity index (χ4n) is 1.75. The summed E-state index contributed by atoms with van der Waals surface area (Å²) < 4.78 is 37.6. The molecular weight excluding hydrogens is 359 g/mol. The van der Waals surface area contributed by atoms with Crippen molar-refractivity contribution in [2.45, 2.75) is 29.2 Å². The van der Waals surface area contributed by atoms with Crippen LogP contribution in [0.4, 0.5) is 25.1 Å². The van der Waals surface area contributed by atoms with Crippen LogP contribution in [0.25, 0.3) is 0 Å². The molecule has 24 heavy (non-hydrogen) atoms. The van der Waals surface area contributed by atoms with E-state index in [2.05, 4.69) is 20.3 Å². The normalized spacial score (nSPS) is 12.9. The molecule has 1 aromatic carbocycles. The SMILES string of the molecule is CSc1nc(N)nc(NC(C)CSc2ccc(C(F)(F)F)cc2)n1. The number of halogens is 3. The summed E-state index contributed by atoms with van der Waals surface area (Å²) in [4.78, 5) is 12.9. The summed E-state index contributed by atoms with van der Waals surface area (Å²) in [6, 6.07) is 5.09. The van der Waals surface area contributed by atoms with Crippen LogP contribution in [0.3, 0.4) is 0 Å². The van der Waals surface area contributed by atoms with Gasteiger partial charge in [0.25, 0.3) is 0 Å². The van der Waals surface area contributed by atoms with Crippen molar-refractivity contribution in [2.24, 2.45) is 0 Å². The highest BCUT2D eigenvalue weighted by Crippen LogP contribution is 2.30. The second kappa shape index (κ2) is 7.93. The fraction of sp³-hybridized carbons (Fsp3) is 0.357. The summed E-state index contributed by atoms with van der Waals surface area (Å²) in [7, 11) is 0. The monoisotopic (exact) mass is 375 g/mol. The third-order valence-electron chi connectivity index (χ3n) is 2.87. The zero-order valence-corrected chi connectivity index (χ0v) is 14.6. The molecule has 1 aromatic heterocycles. The molecule has 2 rings (SSSR count). The van der Waals surface area contributed by atoms with Gasteiger partial charge in [-0.3, -0.25) is 0 Å². The Balaban J connectivity index is 1.91. The molecule has 2 aromatic rings. The molecule has 5 nitrogen and oxygen atoms in total. The molecule has 0 amide bonds. The molecule has 0 radical (unpaired) electrons. The summed E-state index contributed by atoms with van der Waals surface area (Å²) in [5.74, 6) is 1.15. The van der Waals surface area contributed by atoms with Crippen molar-refractivity contribution in [3.63, 3.8) is 0 Å². The van der Waals surface area contributed by atoms with Crippen molar-refractivity contribution in [3.8, 4) is 0 Å². The lowest BCUT2D eigenvalue weighted by atomic mass is 10.2. The first kappa shape index (κ1) is 18.7. The van der Waals surface area contributed by atoms with E-state index in [0.717, 1.165) is 17.0 Å². The van der Waals surface area contributed by atoms with Crippen molar-refractivity contribution in [1.29, 1.82) is 0 Å². The molecule has 0 spiro atoms. The quantitative estimate of drug-likeness (QED) is 0.744. The Hall–Kier alpha value is -1.68. The van der Waals surface area contributed by atoms with Gasteiger partial charge in [0, 0.05) is 16.7 Å². The molecule has 130 valence electrons. The Bertz CT molecular complexity index is 679. The van der Waals surface area contributed by atoms with Gasteiger partial charge in [-0.05, 0) is 37.4 Å². The van der Waals surface area contributed by atoms with Crippen LogP contribution in [0.15, 0.2) is 34.3 Å². The third-order valence-corrected chi connectivity index (χ3v) is 4.69. The Morgan fingerprint density at radius 1 is 1.17 bits per heavy atom. The number of hydrogen-bond donors (Lipinski definition) is 2. The van der Waals surface area contributed by atoms with E-state index in [4.69, 9.17) is 5.73 Å². The van der Waals surface area contributed by atoms with E-state index < -0.39 is 11.7 Å². The van der Waals surface area contributed by atoms with Crippen LogP contribution in [0, 0.1) is 0 Å². The highest BCUT2D eigenvalue weighted by Gasteiger charge is 2.29. The highest BCUT2D eigenvalue weighted by atomic mass is 32.2. The maximum Gasteiger partial charge on any atom is 0.416 e. The van der Waals surface area contributed by atoms with Crippen molar-refractivity contribution >= 4 is 35.4 Å². The Labute approximate surface area is 146 Å². The topological polar surface area (TPSA) is 76.7 Å². The van der Waals surface area contributed by atoms with Gasteiger partial charge in [-0.1, -0.05) is 11.8 Å². The van der Waals surface area contributed by atoms with Crippen LogP contribution in [0.1, 0.15) is 12.5 Å². The van der Waals surface area contributed by atoms with Crippen LogP contribution in [-0.4, -0.2) is 33.0 Å². The predicted octanol–water partition coefficient (Wildman–Crippen LogP) is 3.79. The van der Waals surface area contributed by atoms with Gasteiger partial charge in [0.15, 0.2) is 5.16 Å². The second-order valence-electron chi connectivity index (χ2n) is 4.88. The lowest BCUT2D eigenvalue weighted by molar-refractivity contribution is -0.137. The minimum atomic E-state index is -4.31. The lowest BCUT2D eigenvalue weighted by Gasteiger charge is -2.14. The first-order valence-corrected chi connectivity index (χ1v) is 9.11. The summed E-state index contributed by atoms with van der Waals surface area (Å²) >= 11 is 2.80. The number of hydrogen-bond acceptors (Lipinski definition) is 7. The van der Waals surface area contributed by atoms with Crippen molar-refractivity contribution < 1.29 is 13.2 Å². The van der Waals surface area contributed by atoms with Crippen LogP contribution >= 0.6 is 23.5 Å². The Kier molecular flexibility index (Phi) is 6.16. The Morgan fingerprint density at radius 2 is 1.83 bits per heavy atom. The van der Waals surface area contributed by atoms with Crippen LogP contribution in [0.5, 0.6) is 0 Å². The van der Waals surface area contributed by atoms with E-state index in [9.17, 15) is 13.2 Å². The second-order valence-corrected chi connectivity index (χ2v) is 6.75. The van der Waals surface area contributed by atoms with Gasteiger partial charge in [-0.25, -0.2) is 0 Å². The Morgan fingerprint density at radius 3 is 2.42 bits per heavy atom. The number of alkyl halides is 3. The summed E-state index contributed by atoms with van der Waals surface area (Å²) in [6.45, 7) is 1.93.